The molecule has 0 spiro atoms. The highest BCUT2D eigenvalue weighted by molar-refractivity contribution is 5.54. The molecule has 0 aromatic heterocycles. The van der Waals surface area contributed by atoms with Crippen molar-refractivity contribution >= 4 is 11.9 Å². The van der Waals surface area contributed by atoms with Crippen LogP contribution >= 0.6 is 0 Å². The van der Waals surface area contributed by atoms with Gasteiger partial charge in [0.05, 0.1) is 0 Å². The standard InChI is InChI=1S/C15H18N2O/c1-3-16-10-11(2)8-13-5-4-12-6-7-14(17-18)9-15(12)13/h3,6-7,9-10,13H,4-5,8H2,1-2H3/b11-10+,16-3-. The van der Waals surface area contributed by atoms with E-state index in [9.17, 15) is 4.91 Å². The molecular formula is C15H18N2O. The zero-order chi connectivity index (χ0) is 13.0. The molecule has 94 valence electrons. The molecule has 1 aliphatic carbocycles. The van der Waals surface area contributed by atoms with Gasteiger partial charge in [0, 0.05) is 12.4 Å². The third-order valence-electron chi connectivity index (χ3n) is 3.45. The minimum Gasteiger partial charge on any atom is -0.269 e. The van der Waals surface area contributed by atoms with Crippen molar-refractivity contribution in [3.8, 4) is 0 Å². The van der Waals surface area contributed by atoms with E-state index in [1.807, 2.05) is 25.3 Å². The van der Waals surface area contributed by atoms with Crippen LogP contribution in [0.3, 0.4) is 0 Å². The molecule has 18 heavy (non-hydrogen) atoms. The van der Waals surface area contributed by atoms with E-state index < -0.39 is 0 Å². The van der Waals surface area contributed by atoms with Gasteiger partial charge in [0.15, 0.2) is 0 Å². The van der Waals surface area contributed by atoms with Crippen LogP contribution in [0.25, 0.3) is 0 Å². The van der Waals surface area contributed by atoms with Crippen LogP contribution in [0.4, 0.5) is 5.69 Å². The Bertz CT molecular complexity index is 503. The lowest BCUT2D eigenvalue weighted by molar-refractivity contribution is 0.669. The van der Waals surface area contributed by atoms with Crippen LogP contribution in [-0.2, 0) is 6.42 Å². The zero-order valence-electron chi connectivity index (χ0n) is 10.9. The summed E-state index contributed by atoms with van der Waals surface area (Å²) >= 11 is 0. The number of fused-ring (bicyclic) bond motifs is 1. The quantitative estimate of drug-likeness (QED) is 0.566. The first-order valence-corrected chi connectivity index (χ1v) is 6.34. The molecule has 1 aromatic carbocycles. The van der Waals surface area contributed by atoms with E-state index in [-0.39, 0.29) is 0 Å². The monoisotopic (exact) mass is 242 g/mol. The molecule has 1 aliphatic rings. The van der Waals surface area contributed by atoms with Gasteiger partial charge in [-0.1, -0.05) is 11.6 Å². The average molecular weight is 242 g/mol. The molecule has 0 heterocycles. The second kappa shape index (κ2) is 5.71. The summed E-state index contributed by atoms with van der Waals surface area (Å²) in [4.78, 5) is 14.7. The number of aliphatic imine (C=N–C) groups is 1. The molecule has 3 heteroatoms. The van der Waals surface area contributed by atoms with Crippen molar-refractivity contribution in [1.29, 1.82) is 0 Å². The topological polar surface area (TPSA) is 41.8 Å². The van der Waals surface area contributed by atoms with Crippen LogP contribution in [0.2, 0.25) is 0 Å². The first-order chi connectivity index (χ1) is 8.74. The molecule has 2 rings (SSSR count). The van der Waals surface area contributed by atoms with E-state index in [2.05, 4.69) is 17.1 Å². The van der Waals surface area contributed by atoms with E-state index >= 15 is 0 Å². The van der Waals surface area contributed by atoms with Crippen molar-refractivity contribution in [1.82, 2.24) is 0 Å². The second-order valence-corrected chi connectivity index (χ2v) is 4.80. The molecule has 3 nitrogen and oxygen atoms in total. The fourth-order valence-electron chi connectivity index (χ4n) is 2.59. The van der Waals surface area contributed by atoms with Gasteiger partial charge in [0.2, 0.25) is 0 Å². The summed E-state index contributed by atoms with van der Waals surface area (Å²) in [6.45, 7) is 4.02. The Morgan fingerprint density at radius 3 is 3.06 bits per heavy atom. The van der Waals surface area contributed by atoms with Gasteiger partial charge in [-0.05, 0) is 67.5 Å². The van der Waals surface area contributed by atoms with Gasteiger partial charge in [0.1, 0.15) is 5.69 Å². The van der Waals surface area contributed by atoms with E-state index in [1.54, 1.807) is 12.3 Å². The molecule has 0 aliphatic heterocycles. The molecule has 1 atom stereocenters. The smallest absolute Gasteiger partial charge is 0.108 e. The van der Waals surface area contributed by atoms with Crippen molar-refractivity contribution in [2.45, 2.75) is 39.0 Å². The van der Waals surface area contributed by atoms with E-state index in [4.69, 9.17) is 0 Å². The summed E-state index contributed by atoms with van der Waals surface area (Å²) in [7, 11) is 0. The van der Waals surface area contributed by atoms with E-state index in [0.29, 0.717) is 11.6 Å². The molecule has 0 amide bonds. The Hall–Kier alpha value is -1.77. The zero-order valence-corrected chi connectivity index (χ0v) is 10.9. The van der Waals surface area contributed by atoms with Crippen molar-refractivity contribution < 1.29 is 0 Å². The lowest BCUT2D eigenvalue weighted by Gasteiger charge is -2.11. The molecule has 1 aromatic rings. The molecule has 0 radical (unpaired) electrons. The highest BCUT2D eigenvalue weighted by Gasteiger charge is 2.22. The van der Waals surface area contributed by atoms with Crippen molar-refractivity contribution in [2.24, 2.45) is 10.2 Å². The van der Waals surface area contributed by atoms with Gasteiger partial charge < -0.3 is 0 Å². The van der Waals surface area contributed by atoms with Crippen LogP contribution < -0.4 is 0 Å². The lowest BCUT2D eigenvalue weighted by atomic mass is 9.94. The number of nitrogens with zero attached hydrogens (tertiary/aromatic N) is 2. The Labute approximate surface area is 108 Å². The number of hydrogen-bond acceptors (Lipinski definition) is 3. The van der Waals surface area contributed by atoms with Crippen molar-refractivity contribution in [2.75, 3.05) is 0 Å². The number of allylic oxidation sites excluding steroid dienone is 1. The minimum absolute atomic E-state index is 0.505. The summed E-state index contributed by atoms with van der Waals surface area (Å²) in [5.74, 6) is 0.505. The number of hydrogen-bond donors (Lipinski definition) is 0. The SMILES string of the molecule is C/C=N\C=C(/C)CC1CCc2ccc(N=O)cc21. The highest BCUT2D eigenvalue weighted by Crippen LogP contribution is 2.39. The summed E-state index contributed by atoms with van der Waals surface area (Å²) in [6, 6.07) is 5.78. The first-order valence-electron chi connectivity index (χ1n) is 6.34. The summed E-state index contributed by atoms with van der Waals surface area (Å²) in [6.07, 6.45) is 6.97. The number of rotatable bonds is 4. The third-order valence-corrected chi connectivity index (χ3v) is 3.45. The van der Waals surface area contributed by atoms with Gasteiger partial charge >= 0.3 is 0 Å². The number of aryl methyl sites for hydroxylation is 1. The molecular weight excluding hydrogens is 224 g/mol. The Kier molecular flexibility index (Phi) is 4.03. The largest absolute Gasteiger partial charge is 0.269 e. The van der Waals surface area contributed by atoms with Crippen LogP contribution in [0.1, 0.15) is 43.7 Å². The van der Waals surface area contributed by atoms with Crippen LogP contribution in [0.5, 0.6) is 0 Å². The Balaban J connectivity index is 2.18. The molecule has 0 bridgehead atoms. The maximum Gasteiger partial charge on any atom is 0.108 e. The summed E-state index contributed by atoms with van der Waals surface area (Å²) in [5.41, 5.74) is 4.46. The first kappa shape index (κ1) is 12.7. The van der Waals surface area contributed by atoms with Crippen molar-refractivity contribution in [3.63, 3.8) is 0 Å². The van der Waals surface area contributed by atoms with Gasteiger partial charge in [-0.15, -0.1) is 4.91 Å². The van der Waals surface area contributed by atoms with Crippen LogP contribution in [-0.4, -0.2) is 6.21 Å². The molecule has 0 fully saturated rings. The number of benzene rings is 1. The third kappa shape index (κ3) is 2.73. The Morgan fingerprint density at radius 1 is 1.50 bits per heavy atom. The van der Waals surface area contributed by atoms with Crippen LogP contribution in [0.15, 0.2) is 40.1 Å². The van der Waals surface area contributed by atoms with Gasteiger partial charge in [0.25, 0.3) is 0 Å². The maximum absolute atomic E-state index is 10.6. The van der Waals surface area contributed by atoms with Gasteiger partial charge in [-0.3, -0.25) is 4.99 Å². The van der Waals surface area contributed by atoms with Gasteiger partial charge in [-0.2, -0.15) is 0 Å². The maximum atomic E-state index is 10.6. The molecule has 0 saturated carbocycles. The second-order valence-electron chi connectivity index (χ2n) is 4.80. The molecule has 0 N–H and O–H groups in total. The predicted molar refractivity (Wildman–Crippen MR) is 75.5 cm³/mol. The lowest BCUT2D eigenvalue weighted by Crippen LogP contribution is -1.94. The fraction of sp³-hybridized carbons (Fsp3) is 0.400. The molecule has 1 unspecified atom stereocenters. The highest BCUT2D eigenvalue weighted by atomic mass is 16.3. The summed E-state index contributed by atoms with van der Waals surface area (Å²) in [5, 5.41) is 3.02. The summed E-state index contributed by atoms with van der Waals surface area (Å²) < 4.78 is 0. The average Bonchev–Trinajstić information content (AvgIpc) is 2.78. The fourth-order valence-corrected chi connectivity index (χ4v) is 2.59. The normalized spacial score (nSPS) is 19.2. The minimum atomic E-state index is 0.505. The predicted octanol–water partition coefficient (Wildman–Crippen LogP) is 4.50. The number of nitroso groups, excluding NO2 is 1. The van der Waals surface area contributed by atoms with E-state index in [1.165, 1.54) is 16.7 Å². The Morgan fingerprint density at radius 2 is 2.33 bits per heavy atom. The van der Waals surface area contributed by atoms with Crippen molar-refractivity contribution in [3.05, 3.63) is 46.0 Å². The van der Waals surface area contributed by atoms with Gasteiger partial charge in [-0.25, -0.2) is 0 Å². The van der Waals surface area contributed by atoms with Crippen LogP contribution in [0, 0.1) is 4.91 Å². The molecule has 0 saturated heterocycles. The van der Waals surface area contributed by atoms with E-state index in [0.717, 1.165) is 19.3 Å².